The first kappa shape index (κ1) is 20.3. The summed E-state index contributed by atoms with van der Waals surface area (Å²) in [6.07, 6.45) is 6.30. The van der Waals surface area contributed by atoms with Gasteiger partial charge < -0.3 is 9.64 Å². The lowest BCUT2D eigenvalue weighted by atomic mass is 9.33. The number of unbranched alkanes of at least 4 members (excludes halogenated alkanes) is 2. The normalized spacial score (nSPS) is 32.4. The van der Waals surface area contributed by atoms with Crippen molar-refractivity contribution < 1.29 is 23.1 Å². The van der Waals surface area contributed by atoms with E-state index in [1.165, 1.54) is 19.2 Å². The number of amides is 1. The Morgan fingerprint density at radius 3 is 2.66 bits per heavy atom. The van der Waals surface area contributed by atoms with Crippen molar-refractivity contribution in [2.75, 3.05) is 13.7 Å². The Kier molecular flexibility index (Phi) is 5.38. The average molecular weight is 405 g/mol. The summed E-state index contributed by atoms with van der Waals surface area (Å²) in [5, 5.41) is 0. The summed E-state index contributed by atoms with van der Waals surface area (Å²) < 4.78 is 32.5. The molecule has 0 spiro atoms. The van der Waals surface area contributed by atoms with E-state index >= 15 is 0 Å². The fourth-order valence-electron chi connectivity index (χ4n) is 5.88. The van der Waals surface area contributed by atoms with Gasteiger partial charge in [-0.25, -0.2) is 8.78 Å². The summed E-state index contributed by atoms with van der Waals surface area (Å²) in [4.78, 5) is 26.1. The van der Waals surface area contributed by atoms with E-state index in [1.807, 2.05) is 0 Å². The molecule has 29 heavy (non-hydrogen) atoms. The Bertz CT molecular complexity index is 776. The molecule has 1 saturated heterocycles. The molecule has 4 aliphatic rings. The zero-order valence-electron chi connectivity index (χ0n) is 17.0. The van der Waals surface area contributed by atoms with Crippen LogP contribution in [0.25, 0.3) is 0 Å². The molecule has 1 aromatic rings. The van der Waals surface area contributed by atoms with E-state index < -0.39 is 6.17 Å². The second kappa shape index (κ2) is 7.69. The van der Waals surface area contributed by atoms with Crippen molar-refractivity contribution in [2.45, 2.75) is 70.0 Å². The van der Waals surface area contributed by atoms with E-state index in [1.54, 1.807) is 17.0 Å². The molecule has 0 radical (unpaired) electrons. The minimum atomic E-state index is -1.05. The van der Waals surface area contributed by atoms with Crippen LogP contribution in [0, 0.1) is 16.6 Å². The molecular weight excluding hydrogens is 376 g/mol. The standard InChI is InChI=1S/C23H29F2NO3/c1-29-20(27)8-3-2-4-9-22-13-23(14-22,15-22)21(28)26-12-18(25)11-19(26)16-6-5-7-17(24)10-16/h5-7,10,18-19H,2-4,8-9,11-15H2,1H3. The SMILES string of the molecule is COC(=O)CCCCCC12CC(C(=O)N3CC(F)CC3c3cccc(F)c3)(C1)C2. The van der Waals surface area contributed by atoms with E-state index in [0.29, 0.717) is 12.0 Å². The highest BCUT2D eigenvalue weighted by molar-refractivity contribution is 5.87. The number of methoxy groups -OCH3 is 1. The number of ether oxygens (including phenoxy) is 1. The van der Waals surface area contributed by atoms with Crippen LogP contribution in [0.3, 0.4) is 0 Å². The maximum atomic E-state index is 14.2. The smallest absolute Gasteiger partial charge is 0.305 e. The van der Waals surface area contributed by atoms with Gasteiger partial charge in [0.2, 0.25) is 5.91 Å². The molecular formula is C23H29F2NO3. The van der Waals surface area contributed by atoms with Crippen LogP contribution in [0.2, 0.25) is 0 Å². The van der Waals surface area contributed by atoms with Crippen LogP contribution in [-0.4, -0.2) is 36.6 Å². The number of alkyl halides is 1. The third-order valence-corrected chi connectivity index (χ3v) is 7.15. The largest absolute Gasteiger partial charge is 0.469 e. The molecule has 2 bridgehead atoms. The Morgan fingerprint density at radius 1 is 1.21 bits per heavy atom. The summed E-state index contributed by atoms with van der Waals surface area (Å²) in [7, 11) is 1.41. The van der Waals surface area contributed by atoms with Crippen molar-refractivity contribution in [1.29, 1.82) is 0 Å². The van der Waals surface area contributed by atoms with E-state index in [2.05, 4.69) is 4.74 Å². The van der Waals surface area contributed by atoms with Crippen LogP contribution in [0.15, 0.2) is 24.3 Å². The minimum Gasteiger partial charge on any atom is -0.469 e. The molecule has 0 N–H and O–H groups in total. The topological polar surface area (TPSA) is 46.6 Å². The molecule has 158 valence electrons. The molecule has 1 amide bonds. The van der Waals surface area contributed by atoms with Gasteiger partial charge in [0, 0.05) is 12.8 Å². The van der Waals surface area contributed by atoms with Crippen molar-refractivity contribution in [2.24, 2.45) is 10.8 Å². The van der Waals surface area contributed by atoms with Gasteiger partial charge in [0.25, 0.3) is 0 Å². The van der Waals surface area contributed by atoms with E-state index in [0.717, 1.165) is 44.9 Å². The summed E-state index contributed by atoms with van der Waals surface area (Å²) in [6.45, 7) is 0.113. The van der Waals surface area contributed by atoms with Crippen molar-refractivity contribution in [3.63, 3.8) is 0 Å². The minimum absolute atomic E-state index is 0.0551. The maximum Gasteiger partial charge on any atom is 0.305 e. The van der Waals surface area contributed by atoms with Crippen LogP contribution in [-0.2, 0) is 14.3 Å². The number of esters is 1. The highest BCUT2D eigenvalue weighted by atomic mass is 19.1. The zero-order chi connectivity index (χ0) is 20.6. The molecule has 3 saturated carbocycles. The molecule has 1 aliphatic heterocycles. The molecule has 6 heteroatoms. The van der Waals surface area contributed by atoms with Gasteiger partial charge in [-0.05, 0) is 55.2 Å². The third kappa shape index (κ3) is 3.78. The van der Waals surface area contributed by atoms with Crippen molar-refractivity contribution in [3.05, 3.63) is 35.6 Å². The van der Waals surface area contributed by atoms with Crippen LogP contribution < -0.4 is 0 Å². The van der Waals surface area contributed by atoms with Gasteiger partial charge in [-0.1, -0.05) is 25.0 Å². The summed E-state index contributed by atoms with van der Waals surface area (Å²) in [6, 6.07) is 5.82. The number of halogens is 2. The Balaban J connectivity index is 1.29. The van der Waals surface area contributed by atoms with Gasteiger partial charge in [0.15, 0.2) is 0 Å². The zero-order valence-corrected chi connectivity index (χ0v) is 17.0. The van der Waals surface area contributed by atoms with Crippen LogP contribution in [0.4, 0.5) is 8.78 Å². The van der Waals surface area contributed by atoms with Gasteiger partial charge in [-0.3, -0.25) is 9.59 Å². The van der Waals surface area contributed by atoms with Crippen molar-refractivity contribution in [3.8, 4) is 0 Å². The van der Waals surface area contributed by atoms with E-state index in [4.69, 9.17) is 0 Å². The van der Waals surface area contributed by atoms with Gasteiger partial charge in [-0.2, -0.15) is 0 Å². The number of hydrogen-bond donors (Lipinski definition) is 0. The first-order chi connectivity index (χ1) is 13.9. The second-order valence-corrected chi connectivity index (χ2v) is 9.31. The lowest BCUT2D eigenvalue weighted by molar-refractivity contribution is -0.220. The van der Waals surface area contributed by atoms with Gasteiger partial charge in [0.1, 0.15) is 12.0 Å². The molecule has 2 unspecified atom stereocenters. The first-order valence-corrected chi connectivity index (χ1v) is 10.6. The fraction of sp³-hybridized carbons (Fsp3) is 0.652. The molecule has 1 heterocycles. The summed E-state index contributed by atoms with van der Waals surface area (Å²) >= 11 is 0. The summed E-state index contributed by atoms with van der Waals surface area (Å²) in [5.41, 5.74) is 0.636. The predicted molar refractivity (Wildman–Crippen MR) is 104 cm³/mol. The van der Waals surface area contributed by atoms with Crippen LogP contribution >= 0.6 is 0 Å². The van der Waals surface area contributed by atoms with Gasteiger partial charge >= 0.3 is 5.97 Å². The molecule has 4 nitrogen and oxygen atoms in total. The number of hydrogen-bond acceptors (Lipinski definition) is 3. The lowest BCUT2D eigenvalue weighted by Crippen LogP contribution is -2.68. The molecule has 2 atom stereocenters. The number of rotatable bonds is 8. The maximum absolute atomic E-state index is 14.2. The fourth-order valence-corrected chi connectivity index (χ4v) is 5.88. The molecule has 5 rings (SSSR count). The summed E-state index contributed by atoms with van der Waals surface area (Å²) in [5.74, 6) is -0.460. The average Bonchev–Trinajstić information content (AvgIpc) is 3.03. The first-order valence-electron chi connectivity index (χ1n) is 10.6. The molecule has 4 fully saturated rings. The third-order valence-electron chi connectivity index (χ3n) is 7.15. The van der Waals surface area contributed by atoms with Crippen LogP contribution in [0.1, 0.15) is 69.4 Å². The Morgan fingerprint density at radius 2 is 1.97 bits per heavy atom. The van der Waals surface area contributed by atoms with E-state index in [9.17, 15) is 18.4 Å². The quantitative estimate of drug-likeness (QED) is 0.464. The highest BCUT2D eigenvalue weighted by Crippen LogP contribution is 2.76. The number of likely N-dealkylation sites (tertiary alicyclic amines) is 1. The molecule has 1 aromatic carbocycles. The predicted octanol–water partition coefficient (Wildman–Crippen LogP) is 4.73. The molecule has 0 aromatic heterocycles. The number of nitrogens with zero attached hydrogens (tertiary/aromatic N) is 1. The van der Waals surface area contributed by atoms with E-state index in [-0.39, 0.29) is 47.5 Å². The van der Waals surface area contributed by atoms with Crippen molar-refractivity contribution in [1.82, 2.24) is 4.90 Å². The monoisotopic (exact) mass is 405 g/mol. The van der Waals surface area contributed by atoms with Gasteiger partial charge in [-0.15, -0.1) is 0 Å². The second-order valence-electron chi connectivity index (χ2n) is 9.31. The highest BCUT2D eigenvalue weighted by Gasteiger charge is 2.71. The number of carbonyl (C=O) groups is 2. The Hall–Kier alpha value is -1.98. The lowest BCUT2D eigenvalue weighted by Gasteiger charge is -2.70. The van der Waals surface area contributed by atoms with Crippen LogP contribution in [0.5, 0.6) is 0 Å². The molecule has 3 aliphatic carbocycles. The van der Waals surface area contributed by atoms with Gasteiger partial charge in [0.05, 0.1) is 25.1 Å². The van der Waals surface area contributed by atoms with Crippen molar-refractivity contribution >= 4 is 11.9 Å². The number of carbonyl (C=O) groups excluding carboxylic acids is 2. The Labute approximate surface area is 170 Å². The number of benzene rings is 1.